The minimum atomic E-state index is -0.0266. The maximum absolute atomic E-state index is 13.2. The lowest BCUT2D eigenvalue weighted by atomic mass is 10.2. The predicted octanol–water partition coefficient (Wildman–Crippen LogP) is 4.36. The van der Waals surface area contributed by atoms with Gasteiger partial charge in [-0.1, -0.05) is 84.4 Å². The standard InChI is InChI=1S/C25H27ClN4O/c1-20-23(24(26)30(27-20)19-22-11-6-3-7-12-22)25(31)29-17-15-28(16-18-29)14-8-13-21-9-4-2-5-10-21/h2-13H,14-19H2,1H3/b13-8+. The van der Waals surface area contributed by atoms with Crippen molar-refractivity contribution in [3.63, 3.8) is 0 Å². The molecule has 4 rings (SSSR count). The van der Waals surface area contributed by atoms with Gasteiger partial charge in [0, 0.05) is 32.7 Å². The highest BCUT2D eigenvalue weighted by molar-refractivity contribution is 6.33. The molecule has 0 atom stereocenters. The van der Waals surface area contributed by atoms with E-state index in [0.29, 0.717) is 36.0 Å². The molecular formula is C25H27ClN4O. The van der Waals surface area contributed by atoms with Gasteiger partial charge in [-0.3, -0.25) is 9.69 Å². The van der Waals surface area contributed by atoms with Crippen LogP contribution in [0, 0.1) is 6.92 Å². The average Bonchev–Trinajstić information content (AvgIpc) is 3.08. The quantitative estimate of drug-likeness (QED) is 0.578. The van der Waals surface area contributed by atoms with E-state index in [1.54, 1.807) is 4.68 Å². The van der Waals surface area contributed by atoms with Crippen molar-refractivity contribution in [1.82, 2.24) is 19.6 Å². The van der Waals surface area contributed by atoms with E-state index in [1.165, 1.54) is 5.56 Å². The Kier molecular flexibility index (Phi) is 6.85. The van der Waals surface area contributed by atoms with E-state index in [4.69, 9.17) is 11.6 Å². The summed E-state index contributed by atoms with van der Waals surface area (Å²) in [6, 6.07) is 20.3. The van der Waals surface area contributed by atoms with Crippen LogP contribution in [0.15, 0.2) is 66.7 Å². The van der Waals surface area contributed by atoms with E-state index in [0.717, 1.165) is 25.2 Å². The van der Waals surface area contributed by atoms with E-state index in [9.17, 15) is 4.79 Å². The first-order chi connectivity index (χ1) is 15.1. The number of halogens is 1. The van der Waals surface area contributed by atoms with Gasteiger partial charge in [-0.2, -0.15) is 5.10 Å². The number of benzene rings is 2. The van der Waals surface area contributed by atoms with E-state index in [2.05, 4.69) is 34.3 Å². The highest BCUT2D eigenvalue weighted by atomic mass is 35.5. The number of carbonyl (C=O) groups excluding carboxylic acids is 1. The first-order valence-electron chi connectivity index (χ1n) is 10.6. The van der Waals surface area contributed by atoms with Gasteiger partial charge in [0.25, 0.3) is 5.91 Å². The largest absolute Gasteiger partial charge is 0.336 e. The number of nitrogens with zero attached hydrogens (tertiary/aromatic N) is 4. The molecule has 0 unspecified atom stereocenters. The summed E-state index contributed by atoms with van der Waals surface area (Å²) in [7, 11) is 0. The van der Waals surface area contributed by atoms with Crippen LogP contribution >= 0.6 is 11.6 Å². The Morgan fingerprint density at radius 2 is 1.65 bits per heavy atom. The zero-order chi connectivity index (χ0) is 21.6. The molecule has 6 heteroatoms. The zero-order valence-corrected chi connectivity index (χ0v) is 18.5. The summed E-state index contributed by atoms with van der Waals surface area (Å²) in [6.07, 6.45) is 4.32. The molecule has 160 valence electrons. The Hall–Kier alpha value is -2.89. The molecule has 1 saturated heterocycles. The Morgan fingerprint density at radius 3 is 2.32 bits per heavy atom. The van der Waals surface area contributed by atoms with Crippen LogP contribution in [0.25, 0.3) is 6.08 Å². The Balaban J connectivity index is 1.35. The molecule has 0 saturated carbocycles. The van der Waals surface area contributed by atoms with Crippen LogP contribution in [0.3, 0.4) is 0 Å². The number of hydrogen-bond donors (Lipinski definition) is 0. The molecule has 0 N–H and O–H groups in total. The van der Waals surface area contributed by atoms with Gasteiger partial charge in [-0.15, -0.1) is 0 Å². The van der Waals surface area contributed by atoms with Gasteiger partial charge in [0.1, 0.15) is 5.15 Å². The van der Waals surface area contributed by atoms with E-state index < -0.39 is 0 Å². The minimum absolute atomic E-state index is 0.0266. The second kappa shape index (κ2) is 9.94. The van der Waals surface area contributed by atoms with Crippen LogP contribution in [0.4, 0.5) is 0 Å². The molecule has 1 aliphatic heterocycles. The van der Waals surface area contributed by atoms with Crippen LogP contribution in [0.2, 0.25) is 5.15 Å². The van der Waals surface area contributed by atoms with Crippen molar-refractivity contribution in [3.05, 3.63) is 94.3 Å². The van der Waals surface area contributed by atoms with Crippen molar-refractivity contribution in [2.45, 2.75) is 13.5 Å². The summed E-state index contributed by atoms with van der Waals surface area (Å²) in [5, 5.41) is 4.94. The Labute approximate surface area is 188 Å². The van der Waals surface area contributed by atoms with Crippen LogP contribution in [-0.4, -0.2) is 58.2 Å². The maximum Gasteiger partial charge on any atom is 0.258 e. The third-order valence-corrected chi connectivity index (χ3v) is 5.97. The van der Waals surface area contributed by atoms with Crippen LogP contribution in [0.5, 0.6) is 0 Å². The van der Waals surface area contributed by atoms with Gasteiger partial charge < -0.3 is 4.90 Å². The molecule has 31 heavy (non-hydrogen) atoms. The van der Waals surface area contributed by atoms with Crippen molar-refractivity contribution in [2.24, 2.45) is 0 Å². The molecule has 1 amide bonds. The highest BCUT2D eigenvalue weighted by Crippen LogP contribution is 2.23. The molecule has 2 aromatic carbocycles. The highest BCUT2D eigenvalue weighted by Gasteiger charge is 2.27. The molecule has 0 bridgehead atoms. The van der Waals surface area contributed by atoms with Crippen LogP contribution in [-0.2, 0) is 6.54 Å². The number of piperazine rings is 1. The van der Waals surface area contributed by atoms with E-state index in [1.807, 2.05) is 60.4 Å². The first kappa shape index (κ1) is 21.3. The molecule has 3 aromatic rings. The molecule has 0 spiro atoms. The zero-order valence-electron chi connectivity index (χ0n) is 17.7. The lowest BCUT2D eigenvalue weighted by molar-refractivity contribution is 0.0649. The summed E-state index contributed by atoms with van der Waals surface area (Å²) in [6.45, 7) is 6.36. The van der Waals surface area contributed by atoms with Gasteiger partial charge in [-0.05, 0) is 18.1 Å². The lowest BCUT2D eigenvalue weighted by Crippen LogP contribution is -2.48. The van der Waals surface area contributed by atoms with Crippen molar-refractivity contribution in [3.8, 4) is 0 Å². The van der Waals surface area contributed by atoms with Gasteiger partial charge in [0.15, 0.2) is 0 Å². The molecule has 0 radical (unpaired) electrons. The van der Waals surface area contributed by atoms with Crippen LogP contribution < -0.4 is 0 Å². The molecule has 1 aromatic heterocycles. The third kappa shape index (κ3) is 5.24. The molecule has 1 fully saturated rings. The summed E-state index contributed by atoms with van der Waals surface area (Å²) in [5.74, 6) is -0.0266. The van der Waals surface area contributed by atoms with E-state index >= 15 is 0 Å². The third-order valence-electron chi connectivity index (χ3n) is 5.59. The SMILES string of the molecule is Cc1nn(Cc2ccccc2)c(Cl)c1C(=O)N1CCN(C/C=C/c2ccccc2)CC1. The van der Waals surface area contributed by atoms with Crippen LogP contribution in [0.1, 0.15) is 27.2 Å². The minimum Gasteiger partial charge on any atom is -0.336 e. The predicted molar refractivity (Wildman–Crippen MR) is 125 cm³/mol. The van der Waals surface area contributed by atoms with Gasteiger partial charge in [-0.25, -0.2) is 4.68 Å². The van der Waals surface area contributed by atoms with E-state index in [-0.39, 0.29) is 5.91 Å². The number of rotatable bonds is 6. The normalized spacial score (nSPS) is 15.0. The summed E-state index contributed by atoms with van der Waals surface area (Å²) < 4.78 is 1.71. The maximum atomic E-state index is 13.2. The summed E-state index contributed by atoms with van der Waals surface area (Å²) in [5.41, 5.74) is 3.51. The fourth-order valence-electron chi connectivity index (χ4n) is 3.85. The monoisotopic (exact) mass is 434 g/mol. The summed E-state index contributed by atoms with van der Waals surface area (Å²) in [4.78, 5) is 17.4. The van der Waals surface area contributed by atoms with Crippen molar-refractivity contribution in [2.75, 3.05) is 32.7 Å². The first-order valence-corrected chi connectivity index (χ1v) is 11.0. The van der Waals surface area contributed by atoms with Crippen molar-refractivity contribution >= 4 is 23.6 Å². The average molecular weight is 435 g/mol. The Bertz CT molecular complexity index is 1040. The molecular weight excluding hydrogens is 408 g/mol. The fourth-order valence-corrected chi connectivity index (χ4v) is 4.17. The number of amides is 1. The lowest BCUT2D eigenvalue weighted by Gasteiger charge is -2.34. The summed E-state index contributed by atoms with van der Waals surface area (Å²) >= 11 is 6.58. The molecule has 0 aliphatic carbocycles. The number of aryl methyl sites for hydroxylation is 1. The number of hydrogen-bond acceptors (Lipinski definition) is 3. The number of aromatic nitrogens is 2. The van der Waals surface area contributed by atoms with Gasteiger partial charge in [0.2, 0.25) is 0 Å². The molecule has 2 heterocycles. The van der Waals surface area contributed by atoms with Gasteiger partial charge >= 0.3 is 0 Å². The second-order valence-electron chi connectivity index (χ2n) is 7.80. The van der Waals surface area contributed by atoms with Crippen molar-refractivity contribution in [1.29, 1.82) is 0 Å². The molecule has 5 nitrogen and oxygen atoms in total. The topological polar surface area (TPSA) is 41.4 Å². The number of carbonyl (C=O) groups is 1. The van der Waals surface area contributed by atoms with Crippen molar-refractivity contribution < 1.29 is 4.79 Å². The smallest absolute Gasteiger partial charge is 0.258 e. The molecule has 1 aliphatic rings. The fraction of sp³-hybridized carbons (Fsp3) is 0.280. The second-order valence-corrected chi connectivity index (χ2v) is 8.16. The van der Waals surface area contributed by atoms with Gasteiger partial charge in [0.05, 0.1) is 17.8 Å². The Morgan fingerprint density at radius 1 is 1.00 bits per heavy atom.